The summed E-state index contributed by atoms with van der Waals surface area (Å²) in [5.74, 6) is 0.418. The number of carbonyl (C=O) groups excluding carboxylic acids is 1. The van der Waals surface area contributed by atoms with E-state index in [-0.39, 0.29) is 0 Å². The van der Waals surface area contributed by atoms with Gasteiger partial charge in [0.2, 0.25) is 0 Å². The molecule has 13 heavy (non-hydrogen) atoms. The molecule has 0 saturated carbocycles. The van der Waals surface area contributed by atoms with Crippen molar-refractivity contribution >= 4 is 5.78 Å². The Morgan fingerprint density at radius 2 is 1.54 bits per heavy atom. The Hall–Kier alpha value is -0.590. The summed E-state index contributed by atoms with van der Waals surface area (Å²) in [7, 11) is 0. The van der Waals surface area contributed by atoms with Crippen molar-refractivity contribution in [3.8, 4) is 0 Å². The van der Waals surface area contributed by atoms with Gasteiger partial charge in [0.15, 0.2) is 0 Å². The minimum absolute atomic E-state index is 0.418. The zero-order chi connectivity index (χ0) is 10.5. The summed E-state index contributed by atoms with van der Waals surface area (Å²) in [5.41, 5.74) is 0. The molecule has 0 saturated heterocycles. The van der Waals surface area contributed by atoms with Crippen LogP contribution in [0, 0.1) is 0 Å². The lowest BCUT2D eigenvalue weighted by molar-refractivity contribution is -0.118. The molecule has 0 fully saturated rings. The SMILES string of the molecule is C=C.CCCCCCCC(=O)CC. The lowest BCUT2D eigenvalue weighted by Gasteiger charge is -1.97. The largest absolute Gasteiger partial charge is 0.300 e. The molecule has 0 bridgehead atoms. The van der Waals surface area contributed by atoms with E-state index in [9.17, 15) is 4.79 Å². The van der Waals surface area contributed by atoms with Crippen molar-refractivity contribution in [2.75, 3.05) is 0 Å². The predicted molar refractivity (Wildman–Crippen MR) is 59.9 cm³/mol. The zero-order valence-corrected chi connectivity index (χ0v) is 9.27. The number of hydrogen-bond donors (Lipinski definition) is 0. The molecular formula is C12H24O. The molecule has 1 nitrogen and oxygen atoms in total. The number of rotatable bonds is 7. The number of carbonyl (C=O) groups is 1. The normalized spacial score (nSPS) is 8.77. The third-order valence-electron chi connectivity index (χ3n) is 1.95. The van der Waals surface area contributed by atoms with Crippen molar-refractivity contribution in [1.82, 2.24) is 0 Å². The Bertz CT molecular complexity index is 108. The van der Waals surface area contributed by atoms with Crippen LogP contribution in [0.4, 0.5) is 0 Å². The van der Waals surface area contributed by atoms with Crippen LogP contribution in [0.25, 0.3) is 0 Å². The van der Waals surface area contributed by atoms with E-state index >= 15 is 0 Å². The third-order valence-corrected chi connectivity index (χ3v) is 1.95. The highest BCUT2D eigenvalue weighted by Crippen LogP contribution is 2.05. The molecule has 0 rings (SSSR count). The predicted octanol–water partition coefficient (Wildman–Crippen LogP) is 4.13. The summed E-state index contributed by atoms with van der Waals surface area (Å²) >= 11 is 0. The van der Waals surface area contributed by atoms with E-state index in [0.29, 0.717) is 12.2 Å². The fourth-order valence-corrected chi connectivity index (χ4v) is 1.10. The maximum atomic E-state index is 10.8. The summed E-state index contributed by atoms with van der Waals surface area (Å²) in [5, 5.41) is 0. The molecule has 0 aliphatic heterocycles. The molecule has 0 aliphatic rings. The lowest BCUT2D eigenvalue weighted by Crippen LogP contribution is -1.93. The maximum absolute atomic E-state index is 10.8. The van der Waals surface area contributed by atoms with Gasteiger partial charge >= 0.3 is 0 Å². The molecule has 0 aromatic rings. The molecule has 0 aromatic carbocycles. The minimum Gasteiger partial charge on any atom is -0.300 e. The van der Waals surface area contributed by atoms with E-state index in [1.54, 1.807) is 0 Å². The first-order valence-electron chi connectivity index (χ1n) is 5.33. The fraction of sp³-hybridized carbons (Fsp3) is 0.750. The second kappa shape index (κ2) is 14.0. The minimum atomic E-state index is 0.418. The van der Waals surface area contributed by atoms with Gasteiger partial charge in [0, 0.05) is 12.8 Å². The molecule has 0 radical (unpaired) electrons. The van der Waals surface area contributed by atoms with Gasteiger partial charge in [-0.2, -0.15) is 0 Å². The van der Waals surface area contributed by atoms with E-state index in [0.717, 1.165) is 12.8 Å². The summed E-state index contributed by atoms with van der Waals surface area (Å²) in [6.45, 7) is 10.1. The van der Waals surface area contributed by atoms with Crippen LogP contribution >= 0.6 is 0 Å². The van der Waals surface area contributed by atoms with Gasteiger partial charge in [0.1, 0.15) is 5.78 Å². The van der Waals surface area contributed by atoms with Gasteiger partial charge in [-0.25, -0.2) is 0 Å². The average Bonchev–Trinajstić information content (AvgIpc) is 2.20. The summed E-state index contributed by atoms with van der Waals surface area (Å²) < 4.78 is 0. The van der Waals surface area contributed by atoms with Crippen LogP contribution in [-0.4, -0.2) is 5.78 Å². The van der Waals surface area contributed by atoms with E-state index in [1.165, 1.54) is 25.7 Å². The van der Waals surface area contributed by atoms with Crippen LogP contribution in [0.5, 0.6) is 0 Å². The Balaban J connectivity index is 0. The van der Waals surface area contributed by atoms with Gasteiger partial charge in [-0.1, -0.05) is 39.5 Å². The van der Waals surface area contributed by atoms with Crippen LogP contribution < -0.4 is 0 Å². The van der Waals surface area contributed by atoms with Crippen molar-refractivity contribution in [3.05, 3.63) is 13.2 Å². The Labute approximate surface area is 83.2 Å². The molecule has 0 aliphatic carbocycles. The third kappa shape index (κ3) is 14.3. The number of ketones is 1. The average molecular weight is 184 g/mol. The quantitative estimate of drug-likeness (QED) is 0.429. The first-order chi connectivity index (χ1) is 6.31. The maximum Gasteiger partial charge on any atom is 0.132 e. The van der Waals surface area contributed by atoms with Crippen molar-refractivity contribution in [2.45, 2.75) is 58.8 Å². The van der Waals surface area contributed by atoms with Gasteiger partial charge in [-0.05, 0) is 6.42 Å². The Kier molecular flexibility index (Phi) is 16.0. The molecule has 0 N–H and O–H groups in total. The van der Waals surface area contributed by atoms with Gasteiger partial charge in [-0.3, -0.25) is 4.79 Å². The van der Waals surface area contributed by atoms with Crippen LogP contribution in [0.3, 0.4) is 0 Å². The number of unbranched alkanes of at least 4 members (excludes halogenated alkanes) is 4. The zero-order valence-electron chi connectivity index (χ0n) is 9.27. The van der Waals surface area contributed by atoms with Crippen molar-refractivity contribution in [1.29, 1.82) is 0 Å². The van der Waals surface area contributed by atoms with Crippen molar-refractivity contribution in [2.24, 2.45) is 0 Å². The second-order valence-electron chi connectivity index (χ2n) is 3.06. The number of Topliss-reactive ketones (excluding diaryl/α,β-unsaturated/α-hetero) is 1. The molecule has 0 spiro atoms. The monoisotopic (exact) mass is 184 g/mol. The second-order valence-corrected chi connectivity index (χ2v) is 3.06. The Morgan fingerprint density at radius 3 is 2.00 bits per heavy atom. The number of hydrogen-bond acceptors (Lipinski definition) is 1. The highest BCUT2D eigenvalue weighted by atomic mass is 16.1. The summed E-state index contributed by atoms with van der Waals surface area (Å²) in [6, 6.07) is 0. The topological polar surface area (TPSA) is 17.1 Å². The standard InChI is InChI=1S/C10H20O.C2H4/c1-3-5-6-7-8-9-10(11)4-2;1-2/h3-9H2,1-2H3;1-2H2. The Morgan fingerprint density at radius 1 is 1.00 bits per heavy atom. The highest BCUT2D eigenvalue weighted by molar-refractivity contribution is 5.77. The molecule has 0 amide bonds. The van der Waals surface area contributed by atoms with Crippen molar-refractivity contribution in [3.63, 3.8) is 0 Å². The molecule has 1 heteroatoms. The van der Waals surface area contributed by atoms with Crippen LogP contribution in [0.1, 0.15) is 58.8 Å². The fourth-order valence-electron chi connectivity index (χ4n) is 1.10. The van der Waals surface area contributed by atoms with Gasteiger partial charge in [-0.15, -0.1) is 13.2 Å². The van der Waals surface area contributed by atoms with Gasteiger partial charge in [0.05, 0.1) is 0 Å². The first-order valence-corrected chi connectivity index (χ1v) is 5.33. The highest BCUT2D eigenvalue weighted by Gasteiger charge is 1.96. The molecule has 0 heterocycles. The van der Waals surface area contributed by atoms with Crippen LogP contribution in [0.2, 0.25) is 0 Å². The smallest absolute Gasteiger partial charge is 0.132 e. The lowest BCUT2D eigenvalue weighted by atomic mass is 10.1. The first kappa shape index (κ1) is 14.9. The van der Waals surface area contributed by atoms with Gasteiger partial charge in [0.25, 0.3) is 0 Å². The van der Waals surface area contributed by atoms with Crippen LogP contribution in [0.15, 0.2) is 13.2 Å². The molecule has 0 unspecified atom stereocenters. The molecule has 0 aromatic heterocycles. The van der Waals surface area contributed by atoms with E-state index in [2.05, 4.69) is 20.1 Å². The molecular weight excluding hydrogens is 160 g/mol. The molecule has 0 atom stereocenters. The van der Waals surface area contributed by atoms with E-state index < -0.39 is 0 Å². The summed E-state index contributed by atoms with van der Waals surface area (Å²) in [4.78, 5) is 10.8. The summed E-state index contributed by atoms with van der Waals surface area (Å²) in [6.07, 6.45) is 7.76. The van der Waals surface area contributed by atoms with E-state index in [1.807, 2.05) is 6.92 Å². The van der Waals surface area contributed by atoms with E-state index in [4.69, 9.17) is 0 Å². The van der Waals surface area contributed by atoms with Gasteiger partial charge < -0.3 is 0 Å². The van der Waals surface area contributed by atoms with Crippen LogP contribution in [-0.2, 0) is 4.79 Å². The molecule has 78 valence electrons. The van der Waals surface area contributed by atoms with Crippen molar-refractivity contribution < 1.29 is 4.79 Å².